The molecule has 0 saturated heterocycles. The monoisotopic (exact) mass is 357 g/mol. The van der Waals surface area contributed by atoms with Gasteiger partial charge in [-0.1, -0.05) is 42.5 Å². The molecule has 0 aromatic heterocycles. The zero-order valence-electron chi connectivity index (χ0n) is 14.5. The van der Waals surface area contributed by atoms with E-state index in [1.54, 1.807) is 11.8 Å². The number of anilines is 1. The molecule has 2 rings (SSSR count). The number of thioether (sulfide) groups is 1. The number of amides is 1. The van der Waals surface area contributed by atoms with E-state index >= 15 is 0 Å². The predicted molar refractivity (Wildman–Crippen MR) is 103 cm³/mol. The maximum absolute atomic E-state index is 12.7. The molecule has 2 aromatic carbocycles. The summed E-state index contributed by atoms with van der Waals surface area (Å²) < 4.78 is 0. The lowest BCUT2D eigenvalue weighted by Crippen LogP contribution is -2.34. The number of carboxylic acid groups (broad SMARTS) is 1. The topological polar surface area (TPSA) is 66.4 Å². The summed E-state index contributed by atoms with van der Waals surface area (Å²) in [6.45, 7) is 3.81. The van der Waals surface area contributed by atoms with Gasteiger partial charge in [-0.25, -0.2) is 0 Å². The molecule has 0 spiro atoms. The van der Waals surface area contributed by atoms with Gasteiger partial charge < -0.3 is 10.4 Å². The molecule has 0 saturated carbocycles. The molecule has 0 radical (unpaired) electrons. The minimum Gasteiger partial charge on any atom is -0.481 e. The summed E-state index contributed by atoms with van der Waals surface area (Å²) in [7, 11) is 0. The van der Waals surface area contributed by atoms with Crippen molar-refractivity contribution in [2.24, 2.45) is 0 Å². The van der Waals surface area contributed by atoms with Gasteiger partial charge in [0.1, 0.15) is 0 Å². The van der Waals surface area contributed by atoms with Gasteiger partial charge in [0.05, 0.1) is 11.8 Å². The molecule has 0 unspecified atom stereocenters. The summed E-state index contributed by atoms with van der Waals surface area (Å²) in [6.07, 6.45) is 0.159. The minimum atomic E-state index is -0.781. The fraction of sp³-hybridized carbons (Fsp3) is 0.300. The molecule has 5 heteroatoms. The van der Waals surface area contributed by atoms with Crippen molar-refractivity contribution in [2.45, 2.75) is 31.4 Å². The molecule has 132 valence electrons. The summed E-state index contributed by atoms with van der Waals surface area (Å²) in [5.41, 5.74) is 2.15. The molecule has 25 heavy (non-hydrogen) atoms. The van der Waals surface area contributed by atoms with Crippen molar-refractivity contribution in [1.82, 2.24) is 0 Å². The zero-order valence-corrected chi connectivity index (χ0v) is 15.3. The highest BCUT2D eigenvalue weighted by Gasteiger charge is 2.29. The molecule has 0 aliphatic rings. The molecule has 1 amide bonds. The zero-order chi connectivity index (χ0) is 18.3. The Hall–Kier alpha value is -2.27. The van der Waals surface area contributed by atoms with Crippen LogP contribution < -0.4 is 5.32 Å². The fourth-order valence-corrected chi connectivity index (χ4v) is 3.24. The molecule has 0 aliphatic heterocycles. The van der Waals surface area contributed by atoms with Gasteiger partial charge in [0, 0.05) is 17.2 Å². The van der Waals surface area contributed by atoms with Crippen molar-refractivity contribution in [3.63, 3.8) is 0 Å². The molecule has 0 fully saturated rings. The van der Waals surface area contributed by atoms with Crippen LogP contribution in [0.5, 0.6) is 0 Å². The second-order valence-electron chi connectivity index (χ2n) is 6.34. The lowest BCUT2D eigenvalue weighted by Gasteiger charge is -2.24. The standard InChI is InChI=1S/C20H23NO3S/c1-20(2,16-8-4-3-5-9-16)19(24)21-17-10-6-7-15(13-17)14-25-12-11-18(22)23/h3-10,13H,11-12,14H2,1-2H3,(H,21,24)(H,22,23). The lowest BCUT2D eigenvalue weighted by atomic mass is 9.83. The number of hydrogen-bond acceptors (Lipinski definition) is 3. The van der Waals surface area contributed by atoms with Crippen LogP contribution in [-0.2, 0) is 20.8 Å². The molecule has 2 aromatic rings. The van der Waals surface area contributed by atoms with Crippen LogP contribution in [0.1, 0.15) is 31.4 Å². The molecule has 0 atom stereocenters. The summed E-state index contributed by atoms with van der Waals surface area (Å²) in [4.78, 5) is 23.2. The smallest absolute Gasteiger partial charge is 0.304 e. The first kappa shape index (κ1) is 19.1. The van der Waals surface area contributed by atoms with E-state index in [-0.39, 0.29) is 12.3 Å². The van der Waals surface area contributed by atoms with E-state index in [0.29, 0.717) is 5.75 Å². The Labute approximate surface area is 152 Å². The van der Waals surface area contributed by atoms with Crippen LogP contribution in [0.3, 0.4) is 0 Å². The van der Waals surface area contributed by atoms with Crippen LogP contribution in [0.15, 0.2) is 54.6 Å². The van der Waals surface area contributed by atoms with Gasteiger partial charge in [0.15, 0.2) is 0 Å². The Balaban J connectivity index is 1.99. The number of carbonyl (C=O) groups excluding carboxylic acids is 1. The Morgan fingerprint density at radius 3 is 2.48 bits per heavy atom. The number of nitrogens with one attached hydrogen (secondary N) is 1. The van der Waals surface area contributed by atoms with Crippen molar-refractivity contribution >= 4 is 29.3 Å². The van der Waals surface area contributed by atoms with Crippen LogP contribution in [0, 0.1) is 0 Å². The Morgan fingerprint density at radius 2 is 1.80 bits per heavy atom. The summed E-state index contributed by atoms with van der Waals surface area (Å²) in [6, 6.07) is 17.4. The molecule has 0 bridgehead atoms. The van der Waals surface area contributed by atoms with Gasteiger partial charge in [-0.2, -0.15) is 11.8 Å². The third-order valence-electron chi connectivity index (χ3n) is 3.98. The average Bonchev–Trinajstić information content (AvgIpc) is 2.59. The van der Waals surface area contributed by atoms with Gasteiger partial charge in [-0.3, -0.25) is 9.59 Å². The molecule has 0 heterocycles. The molecular weight excluding hydrogens is 334 g/mol. The van der Waals surface area contributed by atoms with Gasteiger partial charge in [0.25, 0.3) is 0 Å². The van der Waals surface area contributed by atoms with Crippen molar-refractivity contribution in [3.8, 4) is 0 Å². The third-order valence-corrected chi connectivity index (χ3v) is 5.01. The van der Waals surface area contributed by atoms with E-state index < -0.39 is 11.4 Å². The number of carbonyl (C=O) groups is 2. The first-order valence-corrected chi connectivity index (χ1v) is 9.30. The number of hydrogen-bond donors (Lipinski definition) is 2. The molecule has 4 nitrogen and oxygen atoms in total. The fourth-order valence-electron chi connectivity index (χ4n) is 2.36. The van der Waals surface area contributed by atoms with Crippen LogP contribution in [0.25, 0.3) is 0 Å². The van der Waals surface area contributed by atoms with E-state index in [0.717, 1.165) is 22.6 Å². The Morgan fingerprint density at radius 1 is 1.08 bits per heavy atom. The normalized spacial score (nSPS) is 11.1. The number of aliphatic carboxylic acids is 1. The second-order valence-corrected chi connectivity index (χ2v) is 7.45. The number of carboxylic acids is 1. The van der Waals surface area contributed by atoms with Crippen molar-refractivity contribution in [2.75, 3.05) is 11.1 Å². The van der Waals surface area contributed by atoms with Gasteiger partial charge in [-0.15, -0.1) is 0 Å². The third kappa shape index (κ3) is 5.64. The second kappa shape index (κ2) is 8.72. The van der Waals surface area contributed by atoms with E-state index in [2.05, 4.69) is 5.32 Å². The van der Waals surface area contributed by atoms with Gasteiger partial charge >= 0.3 is 5.97 Å². The van der Waals surface area contributed by atoms with Crippen molar-refractivity contribution in [1.29, 1.82) is 0 Å². The van der Waals surface area contributed by atoms with Crippen LogP contribution in [0.2, 0.25) is 0 Å². The Kier molecular flexibility index (Phi) is 6.65. The quantitative estimate of drug-likeness (QED) is 0.691. The highest BCUT2D eigenvalue weighted by molar-refractivity contribution is 7.98. The van der Waals surface area contributed by atoms with E-state index in [1.807, 2.05) is 68.4 Å². The van der Waals surface area contributed by atoms with Crippen LogP contribution in [0.4, 0.5) is 5.69 Å². The molecule has 0 aliphatic carbocycles. The summed E-state index contributed by atoms with van der Waals surface area (Å²) in [5, 5.41) is 11.7. The van der Waals surface area contributed by atoms with Gasteiger partial charge in [0.2, 0.25) is 5.91 Å². The van der Waals surface area contributed by atoms with E-state index in [1.165, 1.54) is 0 Å². The summed E-state index contributed by atoms with van der Waals surface area (Å²) >= 11 is 1.57. The maximum atomic E-state index is 12.7. The highest BCUT2D eigenvalue weighted by atomic mass is 32.2. The Bertz CT molecular complexity index is 729. The van der Waals surface area contributed by atoms with E-state index in [4.69, 9.17) is 5.11 Å². The highest BCUT2D eigenvalue weighted by Crippen LogP contribution is 2.25. The number of rotatable bonds is 8. The largest absolute Gasteiger partial charge is 0.481 e. The molecular formula is C20H23NO3S. The SMILES string of the molecule is CC(C)(C(=O)Nc1cccc(CSCCC(=O)O)c1)c1ccccc1. The summed E-state index contributed by atoms with van der Waals surface area (Å²) in [5.74, 6) is 0.456. The van der Waals surface area contributed by atoms with Gasteiger partial charge in [-0.05, 0) is 37.1 Å². The first-order valence-electron chi connectivity index (χ1n) is 8.15. The first-order chi connectivity index (χ1) is 11.9. The minimum absolute atomic E-state index is 0.0608. The van der Waals surface area contributed by atoms with Crippen molar-refractivity contribution in [3.05, 3.63) is 65.7 Å². The van der Waals surface area contributed by atoms with E-state index in [9.17, 15) is 9.59 Å². The maximum Gasteiger partial charge on any atom is 0.304 e. The molecule has 2 N–H and O–H groups in total. The van der Waals surface area contributed by atoms with Crippen LogP contribution >= 0.6 is 11.8 Å². The lowest BCUT2D eigenvalue weighted by molar-refractivity contribution is -0.136. The van der Waals surface area contributed by atoms with Crippen molar-refractivity contribution < 1.29 is 14.7 Å². The average molecular weight is 357 g/mol. The van der Waals surface area contributed by atoms with Crippen LogP contribution in [-0.4, -0.2) is 22.7 Å². The number of benzene rings is 2. The predicted octanol–water partition coefficient (Wildman–Crippen LogP) is 4.31.